The van der Waals surface area contributed by atoms with E-state index in [1.807, 2.05) is 0 Å². The first-order chi connectivity index (χ1) is 8.57. The van der Waals surface area contributed by atoms with E-state index in [0.717, 1.165) is 25.7 Å². The summed E-state index contributed by atoms with van der Waals surface area (Å²) in [4.78, 5) is 12.3. The van der Waals surface area contributed by atoms with E-state index in [1.165, 1.54) is 12.1 Å². The molecule has 0 heterocycles. The molecule has 0 bridgehead atoms. The number of carbonyl (C=O) groups excluding carboxylic acids is 1. The molecule has 2 rings (SSSR count). The van der Waals surface area contributed by atoms with Crippen molar-refractivity contribution in [3.63, 3.8) is 0 Å². The van der Waals surface area contributed by atoms with Gasteiger partial charge in [0, 0.05) is 11.0 Å². The highest BCUT2D eigenvalue weighted by molar-refractivity contribution is 9.10. The Balaban J connectivity index is 2.18. The van der Waals surface area contributed by atoms with Crippen molar-refractivity contribution in [2.24, 2.45) is 11.1 Å². The van der Waals surface area contributed by atoms with Gasteiger partial charge in [0.25, 0.3) is 0 Å². The summed E-state index contributed by atoms with van der Waals surface area (Å²) in [6.45, 7) is 0.339. The zero-order valence-corrected chi connectivity index (χ0v) is 11.6. The van der Waals surface area contributed by atoms with Gasteiger partial charge in [0.1, 0.15) is 5.82 Å². The van der Waals surface area contributed by atoms with E-state index in [9.17, 15) is 9.18 Å². The van der Waals surface area contributed by atoms with Crippen molar-refractivity contribution < 1.29 is 9.18 Å². The van der Waals surface area contributed by atoms with E-state index >= 15 is 0 Å². The molecule has 0 spiro atoms. The minimum Gasteiger partial charge on any atom is -0.329 e. The molecule has 0 aromatic heterocycles. The molecule has 0 unspecified atom stereocenters. The normalized spacial score (nSPS) is 17.7. The van der Waals surface area contributed by atoms with Gasteiger partial charge in [0.15, 0.2) is 0 Å². The second-order valence-electron chi connectivity index (χ2n) is 4.77. The predicted molar refractivity (Wildman–Crippen MR) is 72.7 cm³/mol. The summed E-state index contributed by atoms with van der Waals surface area (Å²) in [5.41, 5.74) is 5.72. The van der Waals surface area contributed by atoms with Crippen LogP contribution in [0, 0.1) is 11.2 Å². The molecule has 0 radical (unpaired) electrons. The molecule has 1 saturated carbocycles. The van der Waals surface area contributed by atoms with E-state index in [1.54, 1.807) is 6.07 Å². The zero-order valence-electron chi connectivity index (χ0n) is 10.0. The van der Waals surface area contributed by atoms with Crippen LogP contribution in [-0.4, -0.2) is 12.5 Å². The van der Waals surface area contributed by atoms with Crippen molar-refractivity contribution in [1.82, 2.24) is 0 Å². The highest BCUT2D eigenvalue weighted by Crippen LogP contribution is 2.38. The van der Waals surface area contributed by atoms with Crippen molar-refractivity contribution in [2.75, 3.05) is 11.9 Å². The highest BCUT2D eigenvalue weighted by Gasteiger charge is 2.39. The minimum atomic E-state index is -0.480. The molecule has 0 saturated heterocycles. The van der Waals surface area contributed by atoms with Gasteiger partial charge in [0.05, 0.1) is 11.1 Å². The molecular weight excluding hydrogens is 299 g/mol. The largest absolute Gasteiger partial charge is 0.329 e. The molecule has 1 aliphatic rings. The van der Waals surface area contributed by atoms with Crippen molar-refractivity contribution in [2.45, 2.75) is 25.7 Å². The fraction of sp³-hybridized carbons (Fsp3) is 0.462. The fourth-order valence-corrected chi connectivity index (χ4v) is 2.77. The van der Waals surface area contributed by atoms with Crippen LogP contribution in [0.25, 0.3) is 0 Å². The molecule has 5 heteroatoms. The van der Waals surface area contributed by atoms with Crippen molar-refractivity contribution in [3.05, 3.63) is 28.5 Å². The van der Waals surface area contributed by atoms with Gasteiger partial charge in [-0.25, -0.2) is 4.39 Å². The van der Waals surface area contributed by atoms with Crippen LogP contribution in [0.1, 0.15) is 25.7 Å². The van der Waals surface area contributed by atoms with Crippen molar-refractivity contribution in [3.8, 4) is 0 Å². The number of hydrogen-bond donors (Lipinski definition) is 2. The second-order valence-corrected chi connectivity index (χ2v) is 5.62. The number of nitrogens with two attached hydrogens (primary N) is 1. The number of carbonyl (C=O) groups is 1. The SMILES string of the molecule is NCC1(C(=O)Nc2cc(F)ccc2Br)CCCC1. The van der Waals surface area contributed by atoms with E-state index in [0.29, 0.717) is 16.7 Å². The lowest BCUT2D eigenvalue weighted by atomic mass is 9.85. The molecule has 1 fully saturated rings. The maximum atomic E-state index is 13.2. The van der Waals surface area contributed by atoms with Crippen LogP contribution in [0.3, 0.4) is 0 Å². The van der Waals surface area contributed by atoms with Gasteiger partial charge in [0.2, 0.25) is 5.91 Å². The molecule has 0 aliphatic heterocycles. The van der Waals surface area contributed by atoms with Gasteiger partial charge < -0.3 is 11.1 Å². The standard InChI is InChI=1S/C13H16BrFN2O/c14-10-4-3-9(15)7-11(10)17-12(18)13(8-16)5-1-2-6-13/h3-4,7H,1-2,5-6,8,16H2,(H,17,18). The van der Waals surface area contributed by atoms with E-state index in [2.05, 4.69) is 21.2 Å². The van der Waals surface area contributed by atoms with Crippen LogP contribution >= 0.6 is 15.9 Å². The Morgan fingerprint density at radius 2 is 2.11 bits per heavy atom. The Kier molecular flexibility index (Phi) is 4.02. The summed E-state index contributed by atoms with van der Waals surface area (Å²) >= 11 is 3.29. The lowest BCUT2D eigenvalue weighted by Gasteiger charge is -2.26. The Hall–Kier alpha value is -0.940. The van der Waals surface area contributed by atoms with Crippen molar-refractivity contribution in [1.29, 1.82) is 0 Å². The smallest absolute Gasteiger partial charge is 0.231 e. The van der Waals surface area contributed by atoms with Crippen LogP contribution in [0.5, 0.6) is 0 Å². The first-order valence-corrected chi connectivity index (χ1v) is 6.83. The number of nitrogens with one attached hydrogen (secondary N) is 1. The third-order valence-corrected chi connectivity index (χ3v) is 4.30. The molecule has 98 valence electrons. The Bertz CT molecular complexity index is 458. The highest BCUT2D eigenvalue weighted by atomic mass is 79.9. The summed E-state index contributed by atoms with van der Waals surface area (Å²) < 4.78 is 13.8. The number of rotatable bonds is 3. The van der Waals surface area contributed by atoms with E-state index < -0.39 is 5.41 Å². The Labute approximate surface area is 114 Å². The maximum Gasteiger partial charge on any atom is 0.231 e. The first-order valence-electron chi connectivity index (χ1n) is 6.04. The first kappa shape index (κ1) is 13.5. The third kappa shape index (κ3) is 2.57. The molecule has 0 atom stereocenters. The quantitative estimate of drug-likeness (QED) is 0.901. The zero-order chi connectivity index (χ0) is 13.2. The number of hydrogen-bond acceptors (Lipinski definition) is 2. The molecular formula is C13H16BrFN2O. The van der Waals surface area contributed by atoms with Gasteiger partial charge in [-0.3, -0.25) is 4.79 Å². The van der Waals surface area contributed by atoms with Crippen LogP contribution in [0.4, 0.5) is 10.1 Å². The average Bonchev–Trinajstić information content (AvgIpc) is 2.84. The lowest BCUT2D eigenvalue weighted by molar-refractivity contribution is -0.124. The lowest BCUT2D eigenvalue weighted by Crippen LogP contribution is -2.40. The summed E-state index contributed by atoms with van der Waals surface area (Å²) in [6, 6.07) is 4.23. The number of amides is 1. The van der Waals surface area contributed by atoms with E-state index in [4.69, 9.17) is 5.73 Å². The Morgan fingerprint density at radius 3 is 2.72 bits per heavy atom. The molecule has 1 aliphatic carbocycles. The fourth-order valence-electron chi connectivity index (χ4n) is 2.42. The van der Waals surface area contributed by atoms with Crippen LogP contribution in [0.15, 0.2) is 22.7 Å². The predicted octanol–water partition coefficient (Wildman–Crippen LogP) is 3.05. The monoisotopic (exact) mass is 314 g/mol. The maximum absolute atomic E-state index is 13.2. The molecule has 1 aromatic carbocycles. The van der Waals surface area contributed by atoms with Gasteiger partial charge in [-0.2, -0.15) is 0 Å². The summed E-state index contributed by atoms with van der Waals surface area (Å²) in [5.74, 6) is -0.476. The van der Waals surface area contributed by atoms with Gasteiger partial charge in [-0.15, -0.1) is 0 Å². The molecule has 18 heavy (non-hydrogen) atoms. The average molecular weight is 315 g/mol. The summed E-state index contributed by atoms with van der Waals surface area (Å²) in [5, 5.41) is 2.78. The molecule has 3 N–H and O–H groups in total. The number of halogens is 2. The van der Waals surface area contributed by atoms with Crippen LogP contribution in [-0.2, 0) is 4.79 Å². The number of benzene rings is 1. The van der Waals surface area contributed by atoms with Crippen LogP contribution in [0.2, 0.25) is 0 Å². The minimum absolute atomic E-state index is 0.103. The molecule has 1 amide bonds. The van der Waals surface area contributed by atoms with Gasteiger partial charge in [-0.1, -0.05) is 12.8 Å². The van der Waals surface area contributed by atoms with Crippen molar-refractivity contribution >= 4 is 27.5 Å². The summed E-state index contributed by atoms with van der Waals surface area (Å²) in [7, 11) is 0. The summed E-state index contributed by atoms with van der Waals surface area (Å²) in [6.07, 6.45) is 3.66. The Morgan fingerprint density at radius 1 is 1.44 bits per heavy atom. The van der Waals surface area contributed by atoms with E-state index in [-0.39, 0.29) is 11.7 Å². The molecule has 3 nitrogen and oxygen atoms in total. The molecule has 1 aromatic rings. The topological polar surface area (TPSA) is 55.1 Å². The van der Waals surface area contributed by atoms with Crippen LogP contribution < -0.4 is 11.1 Å². The van der Waals surface area contributed by atoms with Gasteiger partial charge in [-0.05, 0) is 47.0 Å². The third-order valence-electron chi connectivity index (χ3n) is 3.61. The second kappa shape index (κ2) is 5.36. The van der Waals surface area contributed by atoms with Gasteiger partial charge >= 0.3 is 0 Å². The number of anilines is 1.